The first-order valence-electron chi connectivity index (χ1n) is 5.78. The third kappa shape index (κ3) is 4.54. The quantitative estimate of drug-likeness (QED) is 0.679. The zero-order valence-corrected chi connectivity index (χ0v) is 10.4. The third-order valence-corrected chi connectivity index (χ3v) is 2.63. The molecule has 3 N–H and O–H groups in total. The van der Waals surface area contributed by atoms with E-state index in [-0.39, 0.29) is 18.4 Å². The number of hydrogen-bond acceptors (Lipinski definition) is 3. The van der Waals surface area contributed by atoms with Gasteiger partial charge in [-0.05, 0) is 18.2 Å². The summed E-state index contributed by atoms with van der Waals surface area (Å²) in [5, 5.41) is 14.8. The Morgan fingerprint density at radius 1 is 1.29 bits per heavy atom. The van der Waals surface area contributed by atoms with Crippen LogP contribution in [0.3, 0.4) is 0 Å². The zero-order valence-electron chi connectivity index (χ0n) is 10.4. The van der Waals surface area contributed by atoms with Gasteiger partial charge in [0.05, 0.1) is 6.61 Å². The molecule has 4 heteroatoms. The van der Waals surface area contributed by atoms with Crippen LogP contribution in [0.1, 0.15) is 18.1 Å². The Bertz CT molecular complexity index is 349. The summed E-state index contributed by atoms with van der Waals surface area (Å²) in [7, 11) is 1.83. The van der Waals surface area contributed by atoms with Crippen molar-refractivity contribution in [1.82, 2.24) is 10.6 Å². The van der Waals surface area contributed by atoms with E-state index in [0.29, 0.717) is 13.1 Å². The molecule has 0 aliphatic rings. The predicted octanol–water partition coefficient (Wildman–Crippen LogP) is 0.651. The molecule has 0 radical (unpaired) electrons. The molecule has 0 heterocycles. The van der Waals surface area contributed by atoms with Gasteiger partial charge in [0.1, 0.15) is 0 Å². The van der Waals surface area contributed by atoms with Crippen molar-refractivity contribution in [2.45, 2.75) is 20.1 Å². The van der Waals surface area contributed by atoms with Gasteiger partial charge < -0.3 is 15.7 Å². The van der Waals surface area contributed by atoms with Gasteiger partial charge in [-0.3, -0.25) is 4.79 Å². The average Bonchev–Trinajstić information content (AvgIpc) is 2.36. The van der Waals surface area contributed by atoms with Gasteiger partial charge in [0.2, 0.25) is 5.91 Å². The van der Waals surface area contributed by atoms with Crippen LogP contribution in [-0.4, -0.2) is 24.6 Å². The molecule has 0 fully saturated rings. The van der Waals surface area contributed by atoms with Crippen LogP contribution >= 0.6 is 0 Å². The van der Waals surface area contributed by atoms with E-state index in [1.807, 2.05) is 38.2 Å². The molecule has 1 aromatic rings. The standard InChI is InChI=1S/C13H20N2O2/c1-10(7-14-2)13(17)15-8-11-3-5-12(9-16)6-4-11/h3-6,10,14,16H,7-9H2,1-2H3,(H,15,17). The monoisotopic (exact) mass is 236 g/mol. The number of rotatable bonds is 6. The Balaban J connectivity index is 2.41. The minimum absolute atomic E-state index is 0.0308. The van der Waals surface area contributed by atoms with Crippen LogP contribution in [0.2, 0.25) is 0 Å². The lowest BCUT2D eigenvalue weighted by atomic mass is 10.1. The minimum atomic E-state index is -0.0308. The molecular weight excluding hydrogens is 216 g/mol. The summed E-state index contributed by atoms with van der Waals surface area (Å²) in [6.07, 6.45) is 0. The van der Waals surface area contributed by atoms with Crippen molar-refractivity contribution < 1.29 is 9.90 Å². The molecule has 0 aromatic heterocycles. The van der Waals surface area contributed by atoms with Gasteiger partial charge in [0.15, 0.2) is 0 Å². The molecule has 0 bridgehead atoms. The normalized spacial score (nSPS) is 12.2. The Hall–Kier alpha value is -1.39. The molecule has 1 aromatic carbocycles. The molecular formula is C13H20N2O2. The second-order valence-corrected chi connectivity index (χ2v) is 4.15. The Morgan fingerprint density at radius 3 is 2.41 bits per heavy atom. The minimum Gasteiger partial charge on any atom is -0.392 e. The van der Waals surface area contributed by atoms with E-state index < -0.39 is 0 Å². The van der Waals surface area contributed by atoms with Crippen molar-refractivity contribution in [3.63, 3.8) is 0 Å². The van der Waals surface area contributed by atoms with Crippen LogP contribution in [-0.2, 0) is 17.9 Å². The molecule has 17 heavy (non-hydrogen) atoms. The van der Waals surface area contributed by atoms with E-state index >= 15 is 0 Å². The Labute approximate surface area is 102 Å². The van der Waals surface area contributed by atoms with E-state index in [1.54, 1.807) is 0 Å². The van der Waals surface area contributed by atoms with Crippen molar-refractivity contribution in [2.24, 2.45) is 5.92 Å². The van der Waals surface area contributed by atoms with Gasteiger partial charge in [0.25, 0.3) is 0 Å². The van der Waals surface area contributed by atoms with Crippen LogP contribution < -0.4 is 10.6 Å². The highest BCUT2D eigenvalue weighted by molar-refractivity contribution is 5.78. The highest BCUT2D eigenvalue weighted by Crippen LogP contribution is 2.04. The van der Waals surface area contributed by atoms with Gasteiger partial charge >= 0.3 is 0 Å². The van der Waals surface area contributed by atoms with Crippen molar-refractivity contribution in [3.05, 3.63) is 35.4 Å². The maximum atomic E-state index is 11.6. The van der Waals surface area contributed by atoms with Crippen molar-refractivity contribution in [3.8, 4) is 0 Å². The van der Waals surface area contributed by atoms with Gasteiger partial charge in [-0.1, -0.05) is 31.2 Å². The highest BCUT2D eigenvalue weighted by atomic mass is 16.3. The molecule has 1 atom stereocenters. The molecule has 1 amide bonds. The first-order chi connectivity index (χ1) is 8.17. The van der Waals surface area contributed by atoms with Gasteiger partial charge in [-0.25, -0.2) is 0 Å². The lowest BCUT2D eigenvalue weighted by Crippen LogP contribution is -2.33. The maximum absolute atomic E-state index is 11.6. The number of benzene rings is 1. The Morgan fingerprint density at radius 2 is 1.88 bits per heavy atom. The number of hydrogen-bond donors (Lipinski definition) is 3. The van der Waals surface area contributed by atoms with Crippen LogP contribution in [0.5, 0.6) is 0 Å². The molecule has 94 valence electrons. The number of carbonyl (C=O) groups excluding carboxylic acids is 1. The molecule has 1 unspecified atom stereocenters. The van der Waals surface area contributed by atoms with E-state index in [1.165, 1.54) is 0 Å². The fourth-order valence-corrected chi connectivity index (χ4v) is 1.52. The molecule has 0 spiro atoms. The van der Waals surface area contributed by atoms with E-state index in [4.69, 9.17) is 5.11 Å². The second-order valence-electron chi connectivity index (χ2n) is 4.15. The number of aliphatic hydroxyl groups excluding tert-OH is 1. The number of nitrogens with one attached hydrogen (secondary N) is 2. The number of amides is 1. The van der Waals surface area contributed by atoms with Crippen molar-refractivity contribution >= 4 is 5.91 Å². The molecule has 0 aliphatic carbocycles. The molecule has 0 saturated carbocycles. The average molecular weight is 236 g/mol. The first-order valence-corrected chi connectivity index (χ1v) is 5.78. The highest BCUT2D eigenvalue weighted by Gasteiger charge is 2.10. The van der Waals surface area contributed by atoms with E-state index in [0.717, 1.165) is 11.1 Å². The SMILES string of the molecule is CNCC(C)C(=O)NCc1ccc(CO)cc1. The van der Waals surface area contributed by atoms with Crippen molar-refractivity contribution in [2.75, 3.05) is 13.6 Å². The first kappa shape index (κ1) is 13.7. The Kier molecular flexibility index (Phi) is 5.66. The lowest BCUT2D eigenvalue weighted by Gasteiger charge is -2.11. The fourth-order valence-electron chi connectivity index (χ4n) is 1.52. The second kappa shape index (κ2) is 7.04. The zero-order chi connectivity index (χ0) is 12.7. The summed E-state index contributed by atoms with van der Waals surface area (Å²) < 4.78 is 0. The van der Waals surface area contributed by atoms with E-state index in [9.17, 15) is 4.79 Å². The largest absolute Gasteiger partial charge is 0.392 e. The number of carbonyl (C=O) groups is 1. The fraction of sp³-hybridized carbons (Fsp3) is 0.462. The van der Waals surface area contributed by atoms with E-state index in [2.05, 4.69) is 10.6 Å². The summed E-state index contributed by atoms with van der Waals surface area (Å²) in [4.78, 5) is 11.6. The van der Waals surface area contributed by atoms with Crippen LogP contribution in [0.25, 0.3) is 0 Å². The van der Waals surface area contributed by atoms with Crippen LogP contribution in [0.4, 0.5) is 0 Å². The predicted molar refractivity (Wildman–Crippen MR) is 67.3 cm³/mol. The summed E-state index contributed by atoms with van der Waals surface area (Å²) in [6, 6.07) is 7.54. The summed E-state index contributed by atoms with van der Waals surface area (Å²) in [6.45, 7) is 3.14. The van der Waals surface area contributed by atoms with Crippen LogP contribution in [0, 0.1) is 5.92 Å². The summed E-state index contributed by atoms with van der Waals surface area (Å²) in [5.74, 6) is 0.0160. The third-order valence-electron chi connectivity index (χ3n) is 2.63. The lowest BCUT2D eigenvalue weighted by molar-refractivity contribution is -0.124. The molecule has 4 nitrogen and oxygen atoms in total. The van der Waals surface area contributed by atoms with Crippen LogP contribution in [0.15, 0.2) is 24.3 Å². The van der Waals surface area contributed by atoms with Crippen molar-refractivity contribution in [1.29, 1.82) is 0 Å². The van der Waals surface area contributed by atoms with Gasteiger partial charge in [-0.15, -0.1) is 0 Å². The summed E-state index contributed by atoms with van der Waals surface area (Å²) in [5.41, 5.74) is 1.91. The maximum Gasteiger partial charge on any atom is 0.224 e. The number of aliphatic hydroxyl groups is 1. The topological polar surface area (TPSA) is 61.4 Å². The summed E-state index contributed by atoms with van der Waals surface area (Å²) >= 11 is 0. The molecule has 0 saturated heterocycles. The van der Waals surface area contributed by atoms with Gasteiger partial charge in [0, 0.05) is 19.0 Å². The molecule has 1 rings (SSSR count). The smallest absolute Gasteiger partial charge is 0.224 e. The van der Waals surface area contributed by atoms with Gasteiger partial charge in [-0.2, -0.15) is 0 Å². The molecule has 0 aliphatic heterocycles.